The van der Waals surface area contributed by atoms with Crippen molar-refractivity contribution in [2.45, 2.75) is 13.8 Å². The first-order valence-electron chi connectivity index (χ1n) is 21.0. The van der Waals surface area contributed by atoms with E-state index in [9.17, 15) is 0 Å². The molecular formula is C58H42N2O. The van der Waals surface area contributed by atoms with Crippen molar-refractivity contribution in [1.82, 2.24) is 4.57 Å². The Morgan fingerprint density at radius 2 is 1.07 bits per heavy atom. The molecule has 0 N–H and O–H groups in total. The molecule has 8 aromatic carbocycles. The summed E-state index contributed by atoms with van der Waals surface area (Å²) in [5, 5.41) is 4.56. The minimum Gasteiger partial charge on any atom is -0.456 e. The molecule has 0 bridgehead atoms. The van der Waals surface area contributed by atoms with Gasteiger partial charge in [0.15, 0.2) is 0 Å². The van der Waals surface area contributed by atoms with E-state index < -0.39 is 0 Å². The highest BCUT2D eigenvalue weighted by molar-refractivity contribution is 6.19. The standard InChI is InChI=1S/C58H42N2O/c1-38-15-12-13-22-48(38)58(44-27-25-43(26-28-44)40-16-6-3-7-17-40)59-39(2)49-23-14-24-55-57(49)52-34-31-47(37-56(52)61-55)60-53-35-45(41-18-8-4-9-19-41)29-32-50(53)51-33-30-46(36-54(51)60)42-20-10-5-11-21-42/h3-38H,1-2H3/b58-48-,59-39+. The zero-order valence-electron chi connectivity index (χ0n) is 34.1. The summed E-state index contributed by atoms with van der Waals surface area (Å²) in [5.74, 6) is 0.225. The summed E-state index contributed by atoms with van der Waals surface area (Å²) >= 11 is 0. The van der Waals surface area contributed by atoms with E-state index >= 15 is 0 Å². The van der Waals surface area contributed by atoms with E-state index in [-0.39, 0.29) is 5.92 Å². The lowest BCUT2D eigenvalue weighted by atomic mass is 9.91. The van der Waals surface area contributed by atoms with Crippen LogP contribution in [0.5, 0.6) is 0 Å². The molecular weight excluding hydrogens is 741 g/mol. The Hall–Kier alpha value is -7.75. The van der Waals surface area contributed by atoms with E-state index in [1.54, 1.807) is 0 Å². The molecule has 2 heterocycles. The third kappa shape index (κ3) is 6.52. The second kappa shape index (κ2) is 15.1. The van der Waals surface area contributed by atoms with Crippen molar-refractivity contribution in [3.8, 4) is 39.1 Å². The maximum atomic E-state index is 6.77. The predicted octanol–water partition coefficient (Wildman–Crippen LogP) is 15.7. The molecule has 10 aromatic rings. The summed E-state index contributed by atoms with van der Waals surface area (Å²) in [7, 11) is 0. The fourth-order valence-corrected chi connectivity index (χ4v) is 9.09. The van der Waals surface area contributed by atoms with Crippen molar-refractivity contribution in [3.63, 3.8) is 0 Å². The van der Waals surface area contributed by atoms with Crippen LogP contribution in [0.1, 0.15) is 25.0 Å². The van der Waals surface area contributed by atoms with Crippen molar-refractivity contribution < 1.29 is 4.42 Å². The van der Waals surface area contributed by atoms with Gasteiger partial charge in [0.25, 0.3) is 0 Å². The van der Waals surface area contributed by atoms with Gasteiger partial charge >= 0.3 is 0 Å². The largest absolute Gasteiger partial charge is 0.456 e. The van der Waals surface area contributed by atoms with Gasteiger partial charge in [0, 0.05) is 56.1 Å². The second-order valence-electron chi connectivity index (χ2n) is 16.0. The lowest BCUT2D eigenvalue weighted by molar-refractivity contribution is 0.668. The Bertz CT molecular complexity index is 3300. The molecule has 0 fully saturated rings. The van der Waals surface area contributed by atoms with Crippen LogP contribution in [0.3, 0.4) is 0 Å². The van der Waals surface area contributed by atoms with Gasteiger partial charge in [0.2, 0.25) is 0 Å². The number of fused-ring (bicyclic) bond motifs is 6. The first kappa shape index (κ1) is 36.3. The quantitative estimate of drug-likeness (QED) is 0.148. The van der Waals surface area contributed by atoms with Crippen molar-refractivity contribution in [3.05, 3.63) is 229 Å². The average molecular weight is 783 g/mol. The molecule has 2 aromatic heterocycles. The number of hydrogen-bond donors (Lipinski definition) is 0. The van der Waals surface area contributed by atoms with Crippen LogP contribution in [-0.2, 0) is 0 Å². The van der Waals surface area contributed by atoms with E-state index in [0.717, 1.165) is 61.2 Å². The summed E-state index contributed by atoms with van der Waals surface area (Å²) in [6.07, 6.45) is 8.68. The van der Waals surface area contributed by atoms with Crippen LogP contribution in [0.4, 0.5) is 0 Å². The fraction of sp³-hybridized carbons (Fsp3) is 0.0517. The van der Waals surface area contributed by atoms with E-state index in [4.69, 9.17) is 9.41 Å². The predicted molar refractivity (Wildman–Crippen MR) is 257 cm³/mol. The molecule has 0 spiro atoms. The molecule has 0 saturated heterocycles. The summed E-state index contributed by atoms with van der Waals surface area (Å²) in [4.78, 5) is 5.49. The van der Waals surface area contributed by atoms with Crippen molar-refractivity contribution in [2.75, 3.05) is 0 Å². The van der Waals surface area contributed by atoms with Crippen LogP contribution in [-0.4, -0.2) is 10.3 Å². The van der Waals surface area contributed by atoms with Gasteiger partial charge < -0.3 is 8.98 Å². The van der Waals surface area contributed by atoms with Crippen LogP contribution >= 0.6 is 0 Å². The van der Waals surface area contributed by atoms with Gasteiger partial charge in [0.05, 0.1) is 16.7 Å². The maximum absolute atomic E-state index is 6.77. The Morgan fingerprint density at radius 3 is 1.67 bits per heavy atom. The number of hydrogen-bond acceptors (Lipinski definition) is 2. The Balaban J connectivity index is 1.06. The SMILES string of the molecule is C/C(=N\C(=C1\C=CC=CC1C)c1ccc(-c2ccccc2)cc1)c1cccc2oc3cc(-n4c5cc(-c6ccccc6)ccc5c5ccc(-c6ccccc6)cc54)ccc3c12. The number of allylic oxidation sites excluding steroid dienone is 5. The number of benzene rings is 8. The molecule has 3 nitrogen and oxygen atoms in total. The van der Waals surface area contributed by atoms with Crippen LogP contribution in [0.2, 0.25) is 0 Å². The number of rotatable bonds is 7. The zero-order valence-corrected chi connectivity index (χ0v) is 34.1. The summed E-state index contributed by atoms with van der Waals surface area (Å²) in [5.41, 5.74) is 17.4. The molecule has 1 atom stereocenters. The molecule has 0 amide bonds. The van der Waals surface area contributed by atoms with Crippen molar-refractivity contribution in [2.24, 2.45) is 10.9 Å². The van der Waals surface area contributed by atoms with Crippen molar-refractivity contribution in [1.29, 1.82) is 0 Å². The first-order chi connectivity index (χ1) is 30.1. The lowest BCUT2D eigenvalue weighted by Gasteiger charge is -2.17. The van der Waals surface area contributed by atoms with Crippen molar-refractivity contribution >= 4 is 55.2 Å². The molecule has 61 heavy (non-hydrogen) atoms. The lowest BCUT2D eigenvalue weighted by Crippen LogP contribution is -2.03. The van der Waals surface area contributed by atoms with Crippen LogP contribution in [0.15, 0.2) is 227 Å². The van der Waals surface area contributed by atoms with E-state index in [1.807, 2.05) is 0 Å². The van der Waals surface area contributed by atoms with Gasteiger partial charge in [-0.15, -0.1) is 0 Å². The summed E-state index contributed by atoms with van der Waals surface area (Å²) < 4.78 is 9.17. The molecule has 3 heteroatoms. The molecule has 11 rings (SSSR count). The van der Waals surface area contributed by atoms with E-state index in [0.29, 0.717) is 0 Å². The highest BCUT2D eigenvalue weighted by Crippen LogP contribution is 2.40. The van der Waals surface area contributed by atoms with Crippen LogP contribution in [0, 0.1) is 5.92 Å². The number of furan rings is 1. The molecule has 1 unspecified atom stereocenters. The first-order valence-corrected chi connectivity index (χ1v) is 21.0. The third-order valence-corrected chi connectivity index (χ3v) is 12.2. The van der Waals surface area contributed by atoms with Gasteiger partial charge in [-0.2, -0.15) is 0 Å². The van der Waals surface area contributed by atoms with Gasteiger partial charge in [-0.1, -0.05) is 183 Å². The number of aliphatic imine (C=N–C) groups is 1. The zero-order chi connectivity index (χ0) is 40.9. The van der Waals surface area contributed by atoms with Crippen LogP contribution < -0.4 is 0 Å². The monoisotopic (exact) mass is 782 g/mol. The summed E-state index contributed by atoms with van der Waals surface area (Å²) in [6.45, 7) is 4.36. The number of aromatic nitrogens is 1. The van der Waals surface area contributed by atoms with Crippen LogP contribution in [0.25, 0.3) is 88.5 Å². The van der Waals surface area contributed by atoms with Gasteiger partial charge in [-0.25, -0.2) is 0 Å². The topological polar surface area (TPSA) is 30.4 Å². The molecule has 290 valence electrons. The second-order valence-corrected chi connectivity index (χ2v) is 16.0. The Morgan fingerprint density at radius 1 is 0.508 bits per heavy atom. The minimum atomic E-state index is 0.225. The highest BCUT2D eigenvalue weighted by atomic mass is 16.3. The maximum Gasteiger partial charge on any atom is 0.137 e. The molecule has 0 saturated carbocycles. The molecule has 0 aliphatic heterocycles. The molecule has 0 radical (unpaired) electrons. The normalized spacial score (nSPS) is 15.0. The summed E-state index contributed by atoms with van der Waals surface area (Å²) in [6, 6.07) is 67.3. The number of nitrogens with zero attached hydrogens (tertiary/aromatic N) is 2. The molecule has 1 aliphatic rings. The van der Waals surface area contributed by atoms with E-state index in [1.165, 1.54) is 49.7 Å². The van der Waals surface area contributed by atoms with Gasteiger partial charge in [-0.05, 0) is 76.2 Å². The minimum absolute atomic E-state index is 0.225. The average Bonchev–Trinajstić information content (AvgIpc) is 3.86. The smallest absolute Gasteiger partial charge is 0.137 e. The highest BCUT2D eigenvalue weighted by Gasteiger charge is 2.20. The Labute approximate surface area is 355 Å². The third-order valence-electron chi connectivity index (χ3n) is 12.2. The van der Waals surface area contributed by atoms with Gasteiger partial charge in [0.1, 0.15) is 11.2 Å². The fourth-order valence-electron chi connectivity index (χ4n) is 9.09. The van der Waals surface area contributed by atoms with E-state index in [2.05, 4.69) is 231 Å². The van der Waals surface area contributed by atoms with Gasteiger partial charge in [-0.3, -0.25) is 4.99 Å². The Kier molecular flexibility index (Phi) is 9.01. The molecule has 1 aliphatic carbocycles.